The van der Waals surface area contributed by atoms with Gasteiger partial charge in [0.15, 0.2) is 0 Å². The maximum atomic E-state index is 9.89. The Kier molecular flexibility index (Phi) is 5.37. The van der Waals surface area contributed by atoms with Crippen LogP contribution in [0.3, 0.4) is 0 Å². The van der Waals surface area contributed by atoms with Crippen LogP contribution in [0.1, 0.15) is 20.3 Å². The van der Waals surface area contributed by atoms with Crippen molar-refractivity contribution in [2.24, 2.45) is 0 Å². The van der Waals surface area contributed by atoms with Gasteiger partial charge in [-0.3, -0.25) is 0 Å². The van der Waals surface area contributed by atoms with Crippen molar-refractivity contribution in [3.05, 3.63) is 0 Å². The number of carbonyl (C=O) groups is 1. The van der Waals surface area contributed by atoms with Crippen LogP contribution in [0, 0.1) is 0 Å². The molecule has 0 aromatic rings. The fourth-order valence-corrected chi connectivity index (χ4v) is 0.144. The number of hydrogen-bond acceptors (Lipinski definition) is 3. The number of rotatable bonds is 2. The van der Waals surface area contributed by atoms with Gasteiger partial charge in [0.1, 0.15) is 5.60 Å². The normalized spacial score (nSPS) is 15.4. The van der Waals surface area contributed by atoms with Crippen LogP contribution in [0.4, 0.5) is 0 Å². The molecular weight excluding hydrogens is 216 g/mol. The Morgan fingerprint density at radius 3 is 2.11 bits per heavy atom. The van der Waals surface area contributed by atoms with Crippen molar-refractivity contribution in [3.63, 3.8) is 0 Å². The number of aliphatic carboxylic acids is 1. The Labute approximate surface area is 69.6 Å². The van der Waals surface area contributed by atoms with Crippen molar-refractivity contribution < 1.29 is 37.4 Å². The minimum atomic E-state index is -1.65. The zero-order chi connectivity index (χ0) is 6.78. The van der Waals surface area contributed by atoms with Crippen LogP contribution >= 0.6 is 0 Å². The average Bonchev–Trinajstić information content (AvgIpc) is 1.67. The van der Waals surface area contributed by atoms with Gasteiger partial charge in [-0.2, -0.15) is 0 Å². The molecule has 0 rings (SSSR count). The molecule has 0 aliphatic rings. The molecule has 1 unspecified atom stereocenters. The first-order chi connectivity index (χ1) is 3.50. The van der Waals surface area contributed by atoms with Gasteiger partial charge in [0.25, 0.3) is 0 Å². The standard InChI is InChI=1S/C5H10O3.Ag/c1-3-5(2,8)4(6)7;/h8H,3H2,1-2H3,(H,6,7);/q;+1/p-1. The summed E-state index contributed by atoms with van der Waals surface area (Å²) in [5.41, 5.74) is -1.65. The predicted octanol–water partition coefficient (Wildman–Crippen LogP) is -1.11. The zero-order valence-electron chi connectivity index (χ0n) is 5.27. The minimum absolute atomic E-state index is 0. The molecule has 1 N–H and O–H groups in total. The van der Waals surface area contributed by atoms with Crippen LogP contribution in [-0.4, -0.2) is 16.7 Å². The molecule has 0 heterocycles. The Morgan fingerprint density at radius 1 is 1.78 bits per heavy atom. The number of hydrogen-bond donors (Lipinski definition) is 1. The number of aliphatic hydroxyl groups is 1. The molecule has 0 aliphatic heterocycles. The molecule has 3 nitrogen and oxygen atoms in total. The fourth-order valence-electron chi connectivity index (χ4n) is 0.144. The maximum absolute atomic E-state index is 9.89. The Morgan fingerprint density at radius 2 is 2.11 bits per heavy atom. The van der Waals surface area contributed by atoms with E-state index in [1.807, 2.05) is 0 Å². The minimum Gasteiger partial charge on any atom is -0.547 e. The van der Waals surface area contributed by atoms with Gasteiger partial charge < -0.3 is 15.0 Å². The molecular formula is C5H9AgO3. The molecule has 0 radical (unpaired) electrons. The van der Waals surface area contributed by atoms with Crippen LogP contribution in [0.5, 0.6) is 0 Å². The summed E-state index contributed by atoms with van der Waals surface area (Å²) in [5.74, 6) is -1.42. The average molecular weight is 225 g/mol. The summed E-state index contributed by atoms with van der Waals surface area (Å²) in [4.78, 5) is 9.89. The monoisotopic (exact) mass is 224 g/mol. The number of carbonyl (C=O) groups excluding carboxylic acids is 1. The van der Waals surface area contributed by atoms with E-state index in [0.717, 1.165) is 0 Å². The molecule has 0 spiro atoms. The Bertz CT molecular complexity index is 100. The summed E-state index contributed by atoms with van der Waals surface area (Å²) in [6.07, 6.45) is 0.176. The SMILES string of the molecule is CCC(C)(O)C(=O)[O-].[Ag+]. The third-order valence-corrected chi connectivity index (χ3v) is 1.13. The van der Waals surface area contributed by atoms with E-state index < -0.39 is 11.6 Å². The van der Waals surface area contributed by atoms with Crippen LogP contribution in [0.15, 0.2) is 0 Å². The van der Waals surface area contributed by atoms with E-state index in [4.69, 9.17) is 5.11 Å². The van der Waals surface area contributed by atoms with Crippen molar-refractivity contribution in [2.75, 3.05) is 0 Å². The quantitative estimate of drug-likeness (QED) is 0.606. The first-order valence-electron chi connectivity index (χ1n) is 2.44. The molecule has 9 heavy (non-hydrogen) atoms. The second-order valence-corrected chi connectivity index (χ2v) is 1.91. The van der Waals surface area contributed by atoms with Crippen LogP contribution in [-0.2, 0) is 27.2 Å². The summed E-state index contributed by atoms with van der Waals surface area (Å²) >= 11 is 0. The predicted molar refractivity (Wildman–Crippen MR) is 25.9 cm³/mol. The summed E-state index contributed by atoms with van der Waals surface area (Å²) in [5, 5.41) is 18.6. The molecule has 0 fully saturated rings. The molecule has 58 valence electrons. The van der Waals surface area contributed by atoms with E-state index in [1.165, 1.54) is 6.92 Å². The van der Waals surface area contributed by atoms with E-state index in [9.17, 15) is 9.90 Å². The largest absolute Gasteiger partial charge is 1.00 e. The molecule has 0 saturated heterocycles. The molecule has 4 heteroatoms. The second-order valence-electron chi connectivity index (χ2n) is 1.91. The van der Waals surface area contributed by atoms with Gasteiger partial charge in [0, 0.05) is 0 Å². The summed E-state index contributed by atoms with van der Waals surface area (Å²) in [6, 6.07) is 0. The Balaban J connectivity index is 0. The molecule has 0 aromatic heterocycles. The third kappa shape index (κ3) is 3.70. The molecule has 0 amide bonds. The smallest absolute Gasteiger partial charge is 0.547 e. The van der Waals surface area contributed by atoms with Gasteiger partial charge in [-0.25, -0.2) is 0 Å². The third-order valence-electron chi connectivity index (χ3n) is 1.13. The van der Waals surface area contributed by atoms with Crippen molar-refractivity contribution in [3.8, 4) is 0 Å². The second kappa shape index (κ2) is 4.06. The summed E-state index contributed by atoms with van der Waals surface area (Å²) in [7, 11) is 0. The van der Waals surface area contributed by atoms with Crippen molar-refractivity contribution in [1.82, 2.24) is 0 Å². The Hall–Kier alpha value is 0.170. The van der Waals surface area contributed by atoms with Crippen molar-refractivity contribution in [1.29, 1.82) is 0 Å². The number of carboxylic acids is 1. The van der Waals surface area contributed by atoms with Gasteiger partial charge in [-0.05, 0) is 13.3 Å². The van der Waals surface area contributed by atoms with Crippen LogP contribution in [0.25, 0.3) is 0 Å². The fraction of sp³-hybridized carbons (Fsp3) is 0.800. The van der Waals surface area contributed by atoms with E-state index in [2.05, 4.69) is 0 Å². The topological polar surface area (TPSA) is 60.4 Å². The maximum Gasteiger partial charge on any atom is 1.00 e. The van der Waals surface area contributed by atoms with Gasteiger partial charge in [-0.1, -0.05) is 6.92 Å². The van der Waals surface area contributed by atoms with Crippen LogP contribution < -0.4 is 5.11 Å². The molecule has 1 atom stereocenters. The van der Waals surface area contributed by atoms with Crippen molar-refractivity contribution >= 4 is 5.97 Å². The first-order valence-corrected chi connectivity index (χ1v) is 2.44. The van der Waals surface area contributed by atoms with Gasteiger partial charge in [0.2, 0.25) is 0 Å². The van der Waals surface area contributed by atoms with Gasteiger partial charge >= 0.3 is 22.4 Å². The van der Waals surface area contributed by atoms with Gasteiger partial charge in [-0.15, -0.1) is 0 Å². The summed E-state index contributed by atoms with van der Waals surface area (Å²) < 4.78 is 0. The van der Waals surface area contributed by atoms with Gasteiger partial charge in [0.05, 0.1) is 5.97 Å². The van der Waals surface area contributed by atoms with E-state index in [1.54, 1.807) is 6.92 Å². The number of carboxylic acid groups (broad SMARTS) is 1. The molecule has 0 bridgehead atoms. The van der Waals surface area contributed by atoms with Crippen LogP contribution in [0.2, 0.25) is 0 Å². The molecule has 0 saturated carbocycles. The molecule has 0 aromatic carbocycles. The van der Waals surface area contributed by atoms with Crippen molar-refractivity contribution in [2.45, 2.75) is 25.9 Å². The summed E-state index contributed by atoms with van der Waals surface area (Å²) in [6.45, 7) is 2.79. The van der Waals surface area contributed by atoms with E-state index >= 15 is 0 Å². The first kappa shape index (κ1) is 11.9. The molecule has 0 aliphatic carbocycles. The zero-order valence-corrected chi connectivity index (χ0v) is 6.75. The van der Waals surface area contributed by atoms with E-state index in [0.29, 0.717) is 0 Å². The van der Waals surface area contributed by atoms with E-state index in [-0.39, 0.29) is 28.8 Å².